The highest BCUT2D eigenvalue weighted by Crippen LogP contribution is 2.29. The highest BCUT2D eigenvalue weighted by atomic mass is 14.8. The van der Waals surface area contributed by atoms with Crippen molar-refractivity contribution in [1.82, 2.24) is 0 Å². The van der Waals surface area contributed by atoms with Gasteiger partial charge in [0.1, 0.15) is 0 Å². The van der Waals surface area contributed by atoms with Gasteiger partial charge < -0.3 is 10.7 Å². The monoisotopic (exact) mass is 187 g/mol. The fourth-order valence-corrected chi connectivity index (χ4v) is 1.26. The Morgan fingerprint density at radius 1 is 1.29 bits per heavy atom. The lowest BCUT2D eigenvalue weighted by Crippen LogP contribution is -1.86. The van der Waals surface area contributed by atoms with Crippen molar-refractivity contribution in [3.8, 4) is 0 Å². The van der Waals surface area contributed by atoms with E-state index in [1.165, 1.54) is 11.8 Å². The highest BCUT2D eigenvalue weighted by Gasteiger charge is 1.97. The van der Waals surface area contributed by atoms with Crippen molar-refractivity contribution in [2.24, 2.45) is 0 Å². The van der Waals surface area contributed by atoms with Crippen LogP contribution in [0.4, 0.5) is 5.69 Å². The molecule has 2 heteroatoms. The van der Waals surface area contributed by atoms with E-state index < -0.39 is 0 Å². The van der Waals surface area contributed by atoms with E-state index in [0.29, 0.717) is 5.92 Å². The molecule has 0 amide bonds. The molecule has 0 spiro atoms. The zero-order chi connectivity index (χ0) is 10.4. The predicted octanol–water partition coefficient (Wildman–Crippen LogP) is 3.98. The van der Waals surface area contributed by atoms with Gasteiger partial charge in [0.05, 0.1) is 0 Å². The Balaban J connectivity index is 2.84. The lowest BCUT2D eigenvalue weighted by molar-refractivity contribution is 0.870. The van der Waals surface area contributed by atoms with E-state index in [0.717, 1.165) is 5.69 Å². The second-order valence-electron chi connectivity index (χ2n) is 3.35. The molecule has 1 N–H and O–H groups in total. The second kappa shape index (κ2) is 5.22. The van der Waals surface area contributed by atoms with Crippen LogP contribution in [-0.2, 0) is 0 Å². The summed E-state index contributed by atoms with van der Waals surface area (Å²) in [7, 11) is 0. The summed E-state index contributed by atoms with van der Waals surface area (Å²) in [6.07, 6.45) is 4.48. The zero-order valence-corrected chi connectivity index (χ0v) is 8.57. The summed E-state index contributed by atoms with van der Waals surface area (Å²) in [5, 5.41) is 11.1. The average Bonchev–Trinajstić information content (AvgIpc) is 2.19. The fraction of sp³-hybridized carbons (Fsp3) is 0.250. The van der Waals surface area contributed by atoms with Crippen molar-refractivity contribution in [3.05, 3.63) is 47.4 Å². The van der Waals surface area contributed by atoms with Gasteiger partial charge in [0.15, 0.2) is 0 Å². The molecule has 2 nitrogen and oxygen atoms in total. The third-order valence-corrected chi connectivity index (χ3v) is 1.95. The molecule has 0 aliphatic rings. The molecule has 0 saturated heterocycles. The molecule has 74 valence electrons. The van der Waals surface area contributed by atoms with Gasteiger partial charge in [-0.05, 0) is 5.92 Å². The molecule has 0 saturated carbocycles. The quantitative estimate of drug-likeness (QED) is 0.692. The molecule has 1 aromatic carbocycles. The number of allylic oxidation sites excluding steroid dienone is 1. The van der Waals surface area contributed by atoms with Gasteiger partial charge in [-0.25, -0.2) is 0 Å². The molecular weight excluding hydrogens is 172 g/mol. The van der Waals surface area contributed by atoms with Crippen molar-refractivity contribution in [3.63, 3.8) is 0 Å². The molecule has 0 heterocycles. The minimum Gasteiger partial charge on any atom is -0.664 e. The van der Waals surface area contributed by atoms with Gasteiger partial charge in [-0.15, -0.1) is 5.69 Å². The van der Waals surface area contributed by atoms with E-state index in [-0.39, 0.29) is 0 Å². The van der Waals surface area contributed by atoms with Gasteiger partial charge in [-0.1, -0.05) is 49.8 Å². The molecule has 0 aromatic heterocycles. The maximum Gasteiger partial charge on any atom is 0.0159 e. The van der Waals surface area contributed by atoms with E-state index in [1.807, 2.05) is 18.2 Å². The molecule has 0 aliphatic carbocycles. The maximum atomic E-state index is 6.83. The molecular formula is C12H15N2-. The predicted molar refractivity (Wildman–Crippen MR) is 61.5 cm³/mol. The minimum absolute atomic E-state index is 0.475. The Hall–Kier alpha value is -1.57. The average molecular weight is 187 g/mol. The SMILES string of the molecule is CC(C)c1ccccc1[N-]/C=C\C=N. The largest absolute Gasteiger partial charge is 0.664 e. The summed E-state index contributed by atoms with van der Waals surface area (Å²) in [4.78, 5) is 0. The zero-order valence-electron chi connectivity index (χ0n) is 8.57. The number of hydrogen-bond donors (Lipinski definition) is 1. The first-order valence-corrected chi connectivity index (χ1v) is 4.71. The molecule has 0 fully saturated rings. The summed E-state index contributed by atoms with van der Waals surface area (Å²) in [6.45, 7) is 4.30. The summed E-state index contributed by atoms with van der Waals surface area (Å²) in [5.41, 5.74) is 2.22. The molecule has 14 heavy (non-hydrogen) atoms. The van der Waals surface area contributed by atoms with Crippen LogP contribution >= 0.6 is 0 Å². The van der Waals surface area contributed by atoms with Gasteiger partial charge in [-0.2, -0.15) is 6.20 Å². The fourth-order valence-electron chi connectivity index (χ4n) is 1.26. The standard InChI is InChI=1S/C12H15N2/c1-10(2)11-6-3-4-7-12(11)14-9-5-8-13/h3-10,13H,1-2H3/q-1/b9-5-,13-8?. The van der Waals surface area contributed by atoms with Crippen molar-refractivity contribution >= 4 is 11.9 Å². The number of benzene rings is 1. The summed E-state index contributed by atoms with van der Waals surface area (Å²) in [5.74, 6) is 0.475. The van der Waals surface area contributed by atoms with Crippen LogP contribution in [0.15, 0.2) is 36.5 Å². The van der Waals surface area contributed by atoms with Crippen molar-refractivity contribution < 1.29 is 0 Å². The van der Waals surface area contributed by atoms with Crippen molar-refractivity contribution in [2.45, 2.75) is 19.8 Å². The highest BCUT2D eigenvalue weighted by molar-refractivity contribution is 5.70. The number of nitrogens with one attached hydrogen (secondary N) is 1. The van der Waals surface area contributed by atoms with Gasteiger partial charge in [0.2, 0.25) is 0 Å². The Kier molecular flexibility index (Phi) is 3.92. The van der Waals surface area contributed by atoms with E-state index >= 15 is 0 Å². The summed E-state index contributed by atoms with van der Waals surface area (Å²) in [6, 6.07) is 8.07. The molecule has 0 aliphatic heterocycles. The van der Waals surface area contributed by atoms with Gasteiger partial charge in [0, 0.05) is 6.21 Å². The first kappa shape index (κ1) is 10.5. The van der Waals surface area contributed by atoms with Crippen molar-refractivity contribution in [1.29, 1.82) is 5.41 Å². The Bertz CT molecular complexity index is 327. The minimum atomic E-state index is 0.475. The van der Waals surface area contributed by atoms with E-state index in [9.17, 15) is 0 Å². The van der Waals surface area contributed by atoms with Crippen LogP contribution in [0.1, 0.15) is 25.3 Å². The Morgan fingerprint density at radius 2 is 2.00 bits per heavy atom. The third kappa shape index (κ3) is 2.73. The van der Waals surface area contributed by atoms with Crippen LogP contribution in [-0.4, -0.2) is 6.21 Å². The molecule has 0 unspecified atom stereocenters. The molecule has 0 bridgehead atoms. The Morgan fingerprint density at radius 3 is 2.64 bits per heavy atom. The van der Waals surface area contributed by atoms with Crippen LogP contribution in [0.5, 0.6) is 0 Å². The third-order valence-electron chi connectivity index (χ3n) is 1.95. The normalized spacial score (nSPS) is 10.8. The van der Waals surface area contributed by atoms with Crippen LogP contribution < -0.4 is 0 Å². The maximum absolute atomic E-state index is 6.83. The van der Waals surface area contributed by atoms with Gasteiger partial charge in [0.25, 0.3) is 0 Å². The van der Waals surface area contributed by atoms with E-state index in [2.05, 4.69) is 25.2 Å². The van der Waals surface area contributed by atoms with Crippen LogP contribution in [0.25, 0.3) is 5.32 Å². The number of hydrogen-bond acceptors (Lipinski definition) is 1. The summed E-state index contributed by atoms with van der Waals surface area (Å²) >= 11 is 0. The number of nitrogens with zero attached hydrogens (tertiary/aromatic N) is 1. The van der Waals surface area contributed by atoms with Crippen LogP contribution in [0.3, 0.4) is 0 Å². The molecule has 1 aromatic rings. The lowest BCUT2D eigenvalue weighted by atomic mass is 10.0. The molecule has 1 rings (SSSR count). The second-order valence-corrected chi connectivity index (χ2v) is 3.35. The first-order valence-electron chi connectivity index (χ1n) is 4.71. The Labute approximate surface area is 85.2 Å². The van der Waals surface area contributed by atoms with Crippen LogP contribution in [0.2, 0.25) is 0 Å². The lowest BCUT2D eigenvalue weighted by Gasteiger charge is -2.22. The number of rotatable bonds is 4. The van der Waals surface area contributed by atoms with E-state index in [1.54, 1.807) is 12.3 Å². The topological polar surface area (TPSA) is 38.0 Å². The smallest absolute Gasteiger partial charge is 0.0159 e. The van der Waals surface area contributed by atoms with Gasteiger partial charge >= 0.3 is 0 Å². The van der Waals surface area contributed by atoms with Gasteiger partial charge in [-0.3, -0.25) is 0 Å². The first-order chi connectivity index (χ1) is 6.75. The number of para-hydroxylation sites is 1. The van der Waals surface area contributed by atoms with Crippen LogP contribution in [0, 0.1) is 5.41 Å². The summed E-state index contributed by atoms with van der Waals surface area (Å²) < 4.78 is 0. The molecule has 0 radical (unpaired) electrons. The molecule has 0 atom stereocenters. The van der Waals surface area contributed by atoms with E-state index in [4.69, 9.17) is 5.41 Å². The van der Waals surface area contributed by atoms with Crippen molar-refractivity contribution in [2.75, 3.05) is 0 Å².